The van der Waals surface area contributed by atoms with Crippen molar-refractivity contribution in [2.24, 2.45) is 0 Å². The number of allylic oxidation sites excluding steroid dienone is 12. The summed E-state index contributed by atoms with van der Waals surface area (Å²) in [5.41, 5.74) is 0. The van der Waals surface area contributed by atoms with Gasteiger partial charge in [0.15, 0.2) is 6.10 Å². The molecule has 0 aliphatic carbocycles. The van der Waals surface area contributed by atoms with Crippen molar-refractivity contribution in [2.75, 3.05) is 13.2 Å². The van der Waals surface area contributed by atoms with Crippen LogP contribution in [0.2, 0.25) is 0 Å². The summed E-state index contributed by atoms with van der Waals surface area (Å²) in [7, 11) is 0. The van der Waals surface area contributed by atoms with Crippen molar-refractivity contribution < 1.29 is 28.6 Å². The Kier molecular flexibility index (Phi) is 66.6. The highest BCUT2D eigenvalue weighted by molar-refractivity contribution is 5.71. The molecule has 0 spiro atoms. The number of hydrogen-bond donors (Lipinski definition) is 0. The van der Waals surface area contributed by atoms with E-state index in [9.17, 15) is 14.4 Å². The van der Waals surface area contributed by atoms with E-state index in [2.05, 4.69) is 93.7 Å². The smallest absolute Gasteiger partial charge is 0.306 e. The number of hydrogen-bond acceptors (Lipinski definition) is 6. The van der Waals surface area contributed by atoms with Gasteiger partial charge >= 0.3 is 17.9 Å². The molecule has 0 saturated heterocycles. The molecule has 0 bridgehead atoms. The summed E-state index contributed by atoms with van der Waals surface area (Å²) in [6.45, 7) is 6.62. The lowest BCUT2D eigenvalue weighted by molar-refractivity contribution is -0.167. The van der Waals surface area contributed by atoms with E-state index >= 15 is 0 Å². The molecule has 1 atom stereocenters. The maximum absolute atomic E-state index is 12.9. The van der Waals surface area contributed by atoms with Crippen molar-refractivity contribution in [2.45, 2.75) is 374 Å². The molecule has 0 fully saturated rings. The number of ether oxygens (including phenoxy) is 3. The molecule has 6 heteroatoms. The van der Waals surface area contributed by atoms with Crippen LogP contribution in [-0.4, -0.2) is 37.2 Å². The predicted molar refractivity (Wildman–Crippen MR) is 353 cm³/mol. The highest BCUT2D eigenvalue weighted by atomic mass is 16.6. The first-order valence-corrected chi connectivity index (χ1v) is 35.4. The molecule has 81 heavy (non-hydrogen) atoms. The van der Waals surface area contributed by atoms with Gasteiger partial charge in [-0.2, -0.15) is 0 Å². The summed E-state index contributed by atoms with van der Waals surface area (Å²) in [5, 5.41) is 0. The van der Waals surface area contributed by atoms with E-state index in [1.54, 1.807) is 0 Å². The third-order valence-corrected chi connectivity index (χ3v) is 15.7. The molecule has 0 radical (unpaired) electrons. The Hall–Kier alpha value is -3.15. The Morgan fingerprint density at radius 1 is 0.247 bits per heavy atom. The summed E-state index contributed by atoms with van der Waals surface area (Å²) < 4.78 is 17.0. The number of esters is 3. The van der Waals surface area contributed by atoms with Crippen LogP contribution in [0.15, 0.2) is 72.9 Å². The second-order valence-electron chi connectivity index (χ2n) is 23.8. The summed E-state index contributed by atoms with van der Waals surface area (Å²) >= 11 is 0. The monoisotopic (exact) mass is 1130 g/mol. The van der Waals surface area contributed by atoms with Crippen molar-refractivity contribution >= 4 is 17.9 Å². The van der Waals surface area contributed by atoms with E-state index in [4.69, 9.17) is 14.2 Å². The zero-order valence-electron chi connectivity index (χ0n) is 54.1. The number of carbonyl (C=O) groups is 3. The lowest BCUT2D eigenvalue weighted by Gasteiger charge is -2.18. The first-order valence-electron chi connectivity index (χ1n) is 35.4. The summed E-state index contributed by atoms with van der Waals surface area (Å²) in [5.74, 6) is -0.879. The largest absolute Gasteiger partial charge is 0.462 e. The Balaban J connectivity index is 4.22. The van der Waals surface area contributed by atoms with Crippen LogP contribution in [0, 0.1) is 0 Å². The second-order valence-corrected chi connectivity index (χ2v) is 23.8. The van der Waals surface area contributed by atoms with Gasteiger partial charge in [-0.15, -0.1) is 0 Å². The number of rotatable bonds is 65. The lowest BCUT2D eigenvalue weighted by Crippen LogP contribution is -2.30. The molecule has 0 rings (SSSR count). The summed E-state index contributed by atoms with van der Waals surface area (Å²) in [6.07, 6.45) is 90.7. The molecule has 0 amide bonds. The fourth-order valence-corrected chi connectivity index (χ4v) is 10.3. The molecule has 0 aromatic heterocycles. The molecule has 0 aromatic rings. The minimum atomic E-state index is -0.784. The Labute approximate surface area is 503 Å². The van der Waals surface area contributed by atoms with E-state index in [0.29, 0.717) is 19.3 Å². The van der Waals surface area contributed by atoms with Crippen LogP contribution in [-0.2, 0) is 28.6 Å². The van der Waals surface area contributed by atoms with Gasteiger partial charge in [0.1, 0.15) is 13.2 Å². The Bertz CT molecular complexity index is 1490. The zero-order valence-corrected chi connectivity index (χ0v) is 54.1. The standard InChI is InChI=1S/C75H134O6/c1-4-7-10-13-16-19-22-25-28-30-32-33-34-35-36-37-38-39-40-41-42-43-44-46-47-50-53-56-59-62-65-68-74(77)80-71-72(70-79-73(76)67-64-61-58-55-52-49-27-24-21-18-15-12-9-6-3)81-75(78)69-66-63-60-57-54-51-48-45-31-29-26-23-20-17-14-11-8-5-2/h15,18,22,24-25,27,29-32,34-35,72H,4-14,16-17,19-21,23,26,28,33,36-71H2,1-3H3/b18-15-,25-22-,27-24-,31-29-,32-30-,35-34-. The molecule has 0 saturated carbocycles. The van der Waals surface area contributed by atoms with Crippen molar-refractivity contribution in [3.05, 3.63) is 72.9 Å². The molecule has 6 nitrogen and oxygen atoms in total. The minimum absolute atomic E-state index is 0.0788. The molecule has 0 heterocycles. The van der Waals surface area contributed by atoms with Crippen LogP contribution >= 0.6 is 0 Å². The highest BCUT2D eigenvalue weighted by Crippen LogP contribution is 2.17. The van der Waals surface area contributed by atoms with E-state index in [0.717, 1.165) is 89.9 Å². The Morgan fingerprint density at radius 2 is 0.457 bits per heavy atom. The van der Waals surface area contributed by atoms with Gasteiger partial charge in [-0.05, 0) is 109 Å². The molecule has 0 aliphatic rings. The van der Waals surface area contributed by atoms with E-state index in [1.165, 1.54) is 238 Å². The summed E-state index contributed by atoms with van der Waals surface area (Å²) in [6, 6.07) is 0. The summed E-state index contributed by atoms with van der Waals surface area (Å²) in [4.78, 5) is 38.4. The minimum Gasteiger partial charge on any atom is -0.462 e. The zero-order chi connectivity index (χ0) is 58.5. The fraction of sp³-hybridized carbons (Fsp3) is 0.800. The van der Waals surface area contributed by atoms with Crippen LogP contribution in [0.3, 0.4) is 0 Å². The molecule has 0 N–H and O–H groups in total. The van der Waals surface area contributed by atoms with Crippen molar-refractivity contribution in [1.82, 2.24) is 0 Å². The van der Waals surface area contributed by atoms with Gasteiger partial charge in [0.2, 0.25) is 0 Å². The molecular formula is C75H134O6. The predicted octanol–water partition coefficient (Wildman–Crippen LogP) is 24.4. The highest BCUT2D eigenvalue weighted by Gasteiger charge is 2.19. The molecule has 1 unspecified atom stereocenters. The van der Waals surface area contributed by atoms with E-state index in [1.807, 2.05) is 0 Å². The van der Waals surface area contributed by atoms with Crippen molar-refractivity contribution in [3.63, 3.8) is 0 Å². The first-order chi connectivity index (χ1) is 40.0. The Morgan fingerprint density at radius 3 is 0.741 bits per heavy atom. The maximum atomic E-state index is 12.9. The SMILES string of the molecule is CCCC/C=C\C/C=C\CCCCCCCC(=O)OCC(COC(=O)CCCCCCCCCCCCCCCCCC/C=C\C/C=C\C/C=C\CCCCCCC)OC(=O)CCCCCCCCC/C=C\CCCCCCCCC. The van der Waals surface area contributed by atoms with Gasteiger partial charge < -0.3 is 14.2 Å². The fourth-order valence-electron chi connectivity index (χ4n) is 10.3. The van der Waals surface area contributed by atoms with Crippen LogP contribution < -0.4 is 0 Å². The quantitative estimate of drug-likeness (QED) is 0.0261. The van der Waals surface area contributed by atoms with E-state index in [-0.39, 0.29) is 31.1 Å². The second kappa shape index (κ2) is 69.3. The van der Waals surface area contributed by atoms with Gasteiger partial charge in [0, 0.05) is 19.3 Å². The van der Waals surface area contributed by atoms with Gasteiger partial charge in [-0.3, -0.25) is 14.4 Å². The third-order valence-electron chi connectivity index (χ3n) is 15.7. The third kappa shape index (κ3) is 67.5. The average molecular weight is 1130 g/mol. The number of unbranched alkanes of at least 4 members (excludes halogenated alkanes) is 42. The van der Waals surface area contributed by atoms with Gasteiger partial charge in [0.25, 0.3) is 0 Å². The average Bonchev–Trinajstić information content (AvgIpc) is 3.47. The van der Waals surface area contributed by atoms with Crippen molar-refractivity contribution in [1.29, 1.82) is 0 Å². The maximum Gasteiger partial charge on any atom is 0.306 e. The van der Waals surface area contributed by atoms with Crippen LogP contribution in [0.5, 0.6) is 0 Å². The molecule has 0 aromatic carbocycles. The van der Waals surface area contributed by atoms with Crippen LogP contribution in [0.1, 0.15) is 367 Å². The normalized spacial score (nSPS) is 12.5. The van der Waals surface area contributed by atoms with Gasteiger partial charge in [0.05, 0.1) is 0 Å². The first kappa shape index (κ1) is 77.9. The van der Waals surface area contributed by atoms with Crippen LogP contribution in [0.4, 0.5) is 0 Å². The molecule has 470 valence electrons. The van der Waals surface area contributed by atoms with E-state index < -0.39 is 6.10 Å². The van der Waals surface area contributed by atoms with Gasteiger partial charge in [-0.1, -0.05) is 312 Å². The van der Waals surface area contributed by atoms with Crippen molar-refractivity contribution in [3.8, 4) is 0 Å². The molecule has 0 aliphatic heterocycles. The van der Waals surface area contributed by atoms with Gasteiger partial charge in [-0.25, -0.2) is 0 Å². The topological polar surface area (TPSA) is 78.9 Å². The van der Waals surface area contributed by atoms with Crippen LogP contribution in [0.25, 0.3) is 0 Å². The molecular weight excluding hydrogens is 997 g/mol. The lowest BCUT2D eigenvalue weighted by atomic mass is 10.0. The number of carbonyl (C=O) groups excluding carboxylic acids is 3.